The molecular weight excluding hydrogens is 469 g/mol. The summed E-state index contributed by atoms with van der Waals surface area (Å²) < 4.78 is 51.4. The number of alkyl halides is 1. The quantitative estimate of drug-likeness (QED) is 0.368. The Labute approximate surface area is 204 Å². The molecule has 0 aromatic heterocycles. The van der Waals surface area contributed by atoms with Gasteiger partial charge < -0.3 is 4.74 Å². The first kappa shape index (κ1) is 24.6. The number of hydrogen-bond acceptors (Lipinski definition) is 5. The summed E-state index contributed by atoms with van der Waals surface area (Å²) in [5.74, 6) is -2.59. The largest absolute Gasteiger partial charge is 0.457 e. The van der Waals surface area contributed by atoms with Crippen LogP contribution in [-0.2, 0) is 19.6 Å². The van der Waals surface area contributed by atoms with E-state index in [1.807, 2.05) is 6.92 Å². The van der Waals surface area contributed by atoms with Gasteiger partial charge in [0.05, 0.1) is 10.6 Å². The highest BCUT2D eigenvalue weighted by molar-refractivity contribution is 7.92. The van der Waals surface area contributed by atoms with Gasteiger partial charge in [-0.3, -0.25) is 9.10 Å². The topological polar surface area (TPSA) is 80.8 Å². The van der Waals surface area contributed by atoms with E-state index in [9.17, 15) is 18.0 Å². The number of carbonyl (C=O) groups is 2. The predicted molar refractivity (Wildman–Crippen MR) is 130 cm³/mol. The smallest absolute Gasteiger partial charge is 0.355 e. The molecule has 0 radical (unpaired) electrons. The van der Waals surface area contributed by atoms with E-state index in [-0.39, 0.29) is 21.7 Å². The first-order chi connectivity index (χ1) is 16.4. The van der Waals surface area contributed by atoms with Crippen molar-refractivity contribution in [3.63, 3.8) is 0 Å². The third kappa shape index (κ3) is 4.23. The average molecular weight is 496 g/mol. The number of rotatable bonds is 4. The number of fused-ring (bicyclic) bond motifs is 1. The third-order valence-corrected chi connectivity index (χ3v) is 7.51. The molecule has 182 valence electrons. The van der Waals surface area contributed by atoms with Crippen molar-refractivity contribution in [2.45, 2.75) is 49.9 Å². The maximum atomic E-state index is 17.1. The van der Waals surface area contributed by atoms with E-state index in [0.29, 0.717) is 0 Å². The lowest BCUT2D eigenvalue weighted by Crippen LogP contribution is -2.60. The summed E-state index contributed by atoms with van der Waals surface area (Å²) in [7, 11) is -4.43. The molecule has 6 nitrogen and oxygen atoms in total. The molecule has 0 unspecified atom stereocenters. The van der Waals surface area contributed by atoms with Gasteiger partial charge in [-0.05, 0) is 57.5 Å². The Morgan fingerprint density at radius 3 is 2.11 bits per heavy atom. The highest BCUT2D eigenvalue weighted by Gasteiger charge is 2.63. The van der Waals surface area contributed by atoms with Crippen molar-refractivity contribution in [3.05, 3.63) is 95.6 Å². The summed E-state index contributed by atoms with van der Waals surface area (Å²) in [6.45, 7) is 6.46. The number of anilines is 1. The van der Waals surface area contributed by atoms with Gasteiger partial charge in [0, 0.05) is 5.56 Å². The van der Waals surface area contributed by atoms with Crippen LogP contribution in [0.3, 0.4) is 0 Å². The lowest BCUT2D eigenvalue weighted by atomic mass is 9.79. The monoisotopic (exact) mass is 495 g/mol. The van der Waals surface area contributed by atoms with Crippen LogP contribution in [0.25, 0.3) is 0 Å². The molecule has 0 amide bonds. The van der Waals surface area contributed by atoms with Gasteiger partial charge in [-0.15, -0.1) is 0 Å². The van der Waals surface area contributed by atoms with Crippen molar-refractivity contribution in [1.29, 1.82) is 0 Å². The Bertz CT molecular complexity index is 1380. The molecule has 2 atom stereocenters. The summed E-state index contributed by atoms with van der Waals surface area (Å²) in [4.78, 5) is 26.9. The van der Waals surface area contributed by atoms with Crippen LogP contribution in [0.2, 0.25) is 0 Å². The van der Waals surface area contributed by atoms with Gasteiger partial charge in [0.1, 0.15) is 11.6 Å². The highest BCUT2D eigenvalue weighted by Crippen LogP contribution is 2.49. The molecule has 3 aromatic rings. The van der Waals surface area contributed by atoms with Crippen LogP contribution in [0.15, 0.2) is 83.8 Å². The minimum atomic E-state index is -4.43. The fraction of sp³-hybridized carbons (Fsp3) is 0.259. The zero-order valence-electron chi connectivity index (χ0n) is 19.9. The first-order valence-corrected chi connectivity index (χ1v) is 12.5. The Kier molecular flexibility index (Phi) is 6.05. The molecule has 0 spiro atoms. The third-order valence-electron chi connectivity index (χ3n) is 5.72. The van der Waals surface area contributed by atoms with Crippen LogP contribution in [0.4, 0.5) is 10.1 Å². The summed E-state index contributed by atoms with van der Waals surface area (Å²) in [5, 5.41) is 0. The minimum Gasteiger partial charge on any atom is -0.457 e. The molecule has 0 saturated carbocycles. The van der Waals surface area contributed by atoms with Crippen molar-refractivity contribution < 1.29 is 27.1 Å². The molecule has 0 aliphatic carbocycles. The number of halogens is 1. The standard InChI is InChI=1S/C27H26FNO5S/c1-18-14-16-20(17-15-18)35(32,33)29-22-13-9-8-12-21(22)24(30)27(28,25(31)34-26(2,3)4)23(29)19-10-6-5-7-11-19/h5-17,23H,1-4H3/t23-,27-/m0/s1. The summed E-state index contributed by atoms with van der Waals surface area (Å²) in [6.07, 6.45) is 0. The lowest BCUT2D eigenvalue weighted by Gasteiger charge is -2.44. The van der Waals surface area contributed by atoms with Crippen molar-refractivity contribution >= 4 is 27.5 Å². The number of para-hydroxylation sites is 1. The lowest BCUT2D eigenvalue weighted by molar-refractivity contribution is -0.167. The second kappa shape index (κ2) is 8.61. The summed E-state index contributed by atoms with van der Waals surface area (Å²) in [5.41, 5.74) is -3.70. The van der Waals surface area contributed by atoms with Crippen LogP contribution in [0, 0.1) is 6.92 Å². The van der Waals surface area contributed by atoms with Crippen LogP contribution in [0.5, 0.6) is 0 Å². The van der Waals surface area contributed by atoms with Gasteiger partial charge in [0.2, 0.25) is 5.78 Å². The van der Waals surface area contributed by atoms with E-state index in [1.165, 1.54) is 42.5 Å². The maximum absolute atomic E-state index is 17.1. The molecule has 8 heteroatoms. The molecule has 3 aromatic carbocycles. The Hall–Kier alpha value is -3.52. The Morgan fingerprint density at radius 1 is 0.943 bits per heavy atom. The number of ether oxygens (including phenoxy) is 1. The zero-order chi connectivity index (χ0) is 25.6. The van der Waals surface area contributed by atoms with Gasteiger partial charge in [0.15, 0.2) is 0 Å². The second-order valence-corrected chi connectivity index (χ2v) is 11.3. The number of aryl methyl sites for hydroxylation is 1. The highest BCUT2D eigenvalue weighted by atomic mass is 32.2. The molecule has 4 rings (SSSR count). The first-order valence-electron chi connectivity index (χ1n) is 11.1. The number of Topliss-reactive ketones (excluding diaryl/α,β-unsaturated/α-hetero) is 1. The minimum absolute atomic E-state index is 0.0104. The molecular formula is C27H26FNO5S. The van der Waals surface area contributed by atoms with E-state index >= 15 is 4.39 Å². The molecule has 35 heavy (non-hydrogen) atoms. The Morgan fingerprint density at radius 2 is 1.51 bits per heavy atom. The molecule has 1 aliphatic heterocycles. The van der Waals surface area contributed by atoms with Crippen molar-refractivity contribution in [1.82, 2.24) is 0 Å². The normalized spacial score (nSPS) is 20.3. The van der Waals surface area contributed by atoms with E-state index in [2.05, 4.69) is 0 Å². The van der Waals surface area contributed by atoms with Crippen molar-refractivity contribution in [3.8, 4) is 0 Å². The molecule has 0 N–H and O–H groups in total. The van der Waals surface area contributed by atoms with Crippen LogP contribution in [0.1, 0.15) is 48.3 Å². The molecule has 0 bridgehead atoms. The SMILES string of the molecule is Cc1ccc(S(=O)(=O)N2c3ccccc3C(=O)[C@](F)(C(=O)OC(C)(C)C)[C@@H]2c2ccccc2)cc1. The number of hydrogen-bond donors (Lipinski definition) is 0. The summed E-state index contributed by atoms with van der Waals surface area (Å²) >= 11 is 0. The Balaban J connectivity index is 2.06. The zero-order valence-corrected chi connectivity index (χ0v) is 20.7. The number of sulfonamides is 1. The average Bonchev–Trinajstić information content (AvgIpc) is 2.80. The van der Waals surface area contributed by atoms with Crippen molar-refractivity contribution in [2.75, 3.05) is 4.31 Å². The predicted octanol–water partition coefficient (Wildman–Crippen LogP) is 5.18. The van der Waals surface area contributed by atoms with Crippen molar-refractivity contribution in [2.24, 2.45) is 0 Å². The van der Waals surface area contributed by atoms with Crippen LogP contribution >= 0.6 is 0 Å². The second-order valence-electron chi connectivity index (χ2n) is 9.49. The number of nitrogens with zero attached hydrogens (tertiary/aromatic N) is 1. The fourth-order valence-corrected chi connectivity index (χ4v) is 5.80. The van der Waals surface area contributed by atoms with E-state index in [0.717, 1.165) is 9.87 Å². The van der Waals surface area contributed by atoms with Gasteiger partial charge in [0.25, 0.3) is 15.7 Å². The molecule has 1 aliphatic rings. The van der Waals surface area contributed by atoms with Crippen LogP contribution in [-0.4, -0.2) is 31.4 Å². The van der Waals surface area contributed by atoms with Gasteiger partial charge in [-0.25, -0.2) is 17.6 Å². The number of esters is 1. The maximum Gasteiger partial charge on any atom is 0.355 e. The summed E-state index contributed by atoms with van der Waals surface area (Å²) in [6, 6.07) is 17.9. The number of ketones is 1. The number of benzene rings is 3. The van der Waals surface area contributed by atoms with Gasteiger partial charge in [-0.2, -0.15) is 0 Å². The van der Waals surface area contributed by atoms with E-state index < -0.39 is 39.1 Å². The number of carbonyl (C=O) groups excluding carboxylic acids is 2. The van der Waals surface area contributed by atoms with E-state index in [1.54, 1.807) is 57.2 Å². The van der Waals surface area contributed by atoms with Gasteiger partial charge in [-0.1, -0.05) is 60.2 Å². The van der Waals surface area contributed by atoms with Gasteiger partial charge >= 0.3 is 5.97 Å². The van der Waals surface area contributed by atoms with Crippen LogP contribution < -0.4 is 4.31 Å². The molecule has 1 heterocycles. The van der Waals surface area contributed by atoms with E-state index in [4.69, 9.17) is 4.74 Å². The molecule has 0 fully saturated rings. The fourth-order valence-electron chi connectivity index (χ4n) is 4.13. The molecule has 0 saturated heterocycles.